The molecule has 4 nitrogen and oxygen atoms in total. The van der Waals surface area contributed by atoms with Crippen molar-refractivity contribution in [3.05, 3.63) is 65.2 Å². The molecule has 0 N–H and O–H groups in total. The van der Waals surface area contributed by atoms with Crippen LogP contribution in [0.25, 0.3) is 0 Å². The maximum absolute atomic E-state index is 12.1. The SMILES string of the molecule is CCCCOc1ccc(C(=O)ON=C(C)c2ccc(C(C)C)cc2)cc1. The van der Waals surface area contributed by atoms with Gasteiger partial charge in [0.1, 0.15) is 5.75 Å². The molecule has 138 valence electrons. The van der Waals surface area contributed by atoms with Gasteiger partial charge in [0.05, 0.1) is 17.9 Å². The topological polar surface area (TPSA) is 47.9 Å². The number of hydrogen-bond donors (Lipinski definition) is 0. The van der Waals surface area contributed by atoms with Crippen molar-refractivity contribution in [1.82, 2.24) is 0 Å². The van der Waals surface area contributed by atoms with Crippen molar-refractivity contribution in [2.75, 3.05) is 6.61 Å². The van der Waals surface area contributed by atoms with Gasteiger partial charge in [0, 0.05) is 0 Å². The molecule has 0 heterocycles. The van der Waals surface area contributed by atoms with E-state index in [1.807, 2.05) is 19.1 Å². The Morgan fingerprint density at radius 1 is 1.00 bits per heavy atom. The zero-order valence-electron chi connectivity index (χ0n) is 16.0. The van der Waals surface area contributed by atoms with E-state index in [-0.39, 0.29) is 0 Å². The highest BCUT2D eigenvalue weighted by Crippen LogP contribution is 2.16. The van der Waals surface area contributed by atoms with Gasteiger partial charge >= 0.3 is 5.97 Å². The van der Waals surface area contributed by atoms with E-state index in [9.17, 15) is 4.79 Å². The molecule has 0 fully saturated rings. The van der Waals surface area contributed by atoms with Gasteiger partial charge in [0.15, 0.2) is 0 Å². The van der Waals surface area contributed by atoms with E-state index in [2.05, 4.69) is 38.1 Å². The van der Waals surface area contributed by atoms with Crippen molar-refractivity contribution < 1.29 is 14.4 Å². The van der Waals surface area contributed by atoms with Gasteiger partial charge in [-0.05, 0) is 54.7 Å². The maximum Gasteiger partial charge on any atom is 0.365 e. The van der Waals surface area contributed by atoms with Crippen LogP contribution < -0.4 is 4.74 Å². The summed E-state index contributed by atoms with van der Waals surface area (Å²) in [5.74, 6) is 0.747. The highest BCUT2D eigenvalue weighted by molar-refractivity contribution is 5.99. The molecule has 0 saturated carbocycles. The molecular formula is C22H27NO3. The van der Waals surface area contributed by atoms with E-state index in [1.54, 1.807) is 24.3 Å². The molecule has 0 atom stereocenters. The molecule has 4 heteroatoms. The van der Waals surface area contributed by atoms with Crippen LogP contribution >= 0.6 is 0 Å². The van der Waals surface area contributed by atoms with Crippen molar-refractivity contribution in [1.29, 1.82) is 0 Å². The summed E-state index contributed by atoms with van der Waals surface area (Å²) in [5.41, 5.74) is 3.30. The Balaban J connectivity index is 1.94. The number of ether oxygens (including phenoxy) is 1. The Hall–Kier alpha value is -2.62. The average Bonchev–Trinajstić information content (AvgIpc) is 2.66. The molecule has 0 unspecified atom stereocenters. The number of carbonyl (C=O) groups excluding carboxylic acids is 1. The minimum atomic E-state index is -0.483. The number of unbranched alkanes of at least 4 members (excludes halogenated alkanes) is 1. The second-order valence-corrected chi connectivity index (χ2v) is 6.56. The van der Waals surface area contributed by atoms with Crippen molar-refractivity contribution in [3.63, 3.8) is 0 Å². The first kappa shape index (κ1) is 19.7. The first-order valence-corrected chi connectivity index (χ1v) is 9.10. The minimum Gasteiger partial charge on any atom is -0.494 e. The predicted molar refractivity (Wildman–Crippen MR) is 105 cm³/mol. The summed E-state index contributed by atoms with van der Waals surface area (Å²) in [7, 11) is 0. The Kier molecular flexibility index (Phi) is 7.39. The lowest BCUT2D eigenvalue weighted by molar-refractivity contribution is 0.0516. The Morgan fingerprint density at radius 3 is 2.19 bits per heavy atom. The van der Waals surface area contributed by atoms with Crippen molar-refractivity contribution in [2.45, 2.75) is 46.5 Å². The van der Waals surface area contributed by atoms with Crippen LogP contribution in [-0.4, -0.2) is 18.3 Å². The Morgan fingerprint density at radius 2 is 1.62 bits per heavy atom. The molecule has 0 spiro atoms. The van der Waals surface area contributed by atoms with Gasteiger partial charge in [-0.15, -0.1) is 0 Å². The van der Waals surface area contributed by atoms with Crippen LogP contribution in [0.4, 0.5) is 0 Å². The fraction of sp³-hybridized carbons (Fsp3) is 0.364. The highest BCUT2D eigenvalue weighted by atomic mass is 16.7. The van der Waals surface area contributed by atoms with Crippen molar-refractivity contribution in [2.24, 2.45) is 5.16 Å². The van der Waals surface area contributed by atoms with Crippen LogP contribution in [0, 0.1) is 0 Å². The number of benzene rings is 2. The third-order valence-corrected chi connectivity index (χ3v) is 4.12. The van der Waals surface area contributed by atoms with Gasteiger partial charge in [0.2, 0.25) is 0 Å². The van der Waals surface area contributed by atoms with E-state index in [0.717, 1.165) is 24.2 Å². The quantitative estimate of drug-likeness (QED) is 0.270. The summed E-state index contributed by atoms with van der Waals surface area (Å²) in [6.45, 7) is 8.92. The lowest BCUT2D eigenvalue weighted by atomic mass is 10.0. The summed E-state index contributed by atoms with van der Waals surface area (Å²) >= 11 is 0. The molecule has 0 aliphatic carbocycles. The molecule has 0 bridgehead atoms. The number of carbonyl (C=O) groups is 1. The molecular weight excluding hydrogens is 326 g/mol. The van der Waals surface area contributed by atoms with Crippen LogP contribution in [0.3, 0.4) is 0 Å². The maximum atomic E-state index is 12.1. The molecule has 0 radical (unpaired) electrons. The average molecular weight is 353 g/mol. The molecule has 2 rings (SSSR count). The summed E-state index contributed by atoms with van der Waals surface area (Å²) in [5, 5.41) is 3.96. The summed E-state index contributed by atoms with van der Waals surface area (Å²) < 4.78 is 5.58. The van der Waals surface area contributed by atoms with E-state index in [4.69, 9.17) is 9.57 Å². The fourth-order valence-electron chi connectivity index (χ4n) is 2.35. The lowest BCUT2D eigenvalue weighted by Gasteiger charge is -2.07. The van der Waals surface area contributed by atoms with Crippen LogP contribution in [0.1, 0.15) is 67.9 Å². The Bertz CT molecular complexity index is 731. The van der Waals surface area contributed by atoms with E-state index >= 15 is 0 Å². The van der Waals surface area contributed by atoms with Gasteiger partial charge in [0.25, 0.3) is 0 Å². The predicted octanol–water partition coefficient (Wildman–Crippen LogP) is 5.57. The number of nitrogens with zero attached hydrogens (tertiary/aromatic N) is 1. The smallest absolute Gasteiger partial charge is 0.365 e. The zero-order chi connectivity index (χ0) is 18.9. The molecule has 0 amide bonds. The first-order chi connectivity index (χ1) is 12.5. The third kappa shape index (κ3) is 5.73. The molecule has 26 heavy (non-hydrogen) atoms. The monoisotopic (exact) mass is 353 g/mol. The normalized spacial score (nSPS) is 11.5. The second-order valence-electron chi connectivity index (χ2n) is 6.56. The minimum absolute atomic E-state index is 0.444. The van der Waals surface area contributed by atoms with Crippen LogP contribution in [-0.2, 0) is 4.84 Å². The Labute approximate surface area is 155 Å². The van der Waals surface area contributed by atoms with E-state index in [0.29, 0.717) is 23.8 Å². The summed E-state index contributed by atoms with van der Waals surface area (Å²) in [6, 6.07) is 15.0. The molecule has 0 aromatic heterocycles. The number of rotatable bonds is 8. The lowest BCUT2D eigenvalue weighted by Crippen LogP contribution is -2.04. The van der Waals surface area contributed by atoms with E-state index < -0.39 is 5.97 Å². The first-order valence-electron chi connectivity index (χ1n) is 9.10. The number of hydrogen-bond acceptors (Lipinski definition) is 4. The summed E-state index contributed by atoms with van der Waals surface area (Å²) in [4.78, 5) is 17.2. The third-order valence-electron chi connectivity index (χ3n) is 4.12. The van der Waals surface area contributed by atoms with E-state index in [1.165, 1.54) is 5.56 Å². The summed E-state index contributed by atoms with van der Waals surface area (Å²) in [6.07, 6.45) is 2.10. The second kappa shape index (κ2) is 9.76. The van der Waals surface area contributed by atoms with Crippen LogP contribution in [0.15, 0.2) is 53.7 Å². The van der Waals surface area contributed by atoms with Gasteiger partial charge < -0.3 is 9.57 Å². The molecule has 2 aromatic rings. The van der Waals surface area contributed by atoms with Crippen LogP contribution in [0.2, 0.25) is 0 Å². The molecule has 0 saturated heterocycles. The number of oxime groups is 1. The van der Waals surface area contributed by atoms with Crippen molar-refractivity contribution in [3.8, 4) is 5.75 Å². The van der Waals surface area contributed by atoms with Gasteiger partial charge in [-0.3, -0.25) is 0 Å². The molecule has 0 aliphatic heterocycles. The van der Waals surface area contributed by atoms with Crippen molar-refractivity contribution >= 4 is 11.7 Å². The fourth-order valence-corrected chi connectivity index (χ4v) is 2.35. The van der Waals surface area contributed by atoms with Gasteiger partial charge in [-0.2, -0.15) is 0 Å². The van der Waals surface area contributed by atoms with Crippen LogP contribution in [0.5, 0.6) is 5.75 Å². The molecule has 2 aromatic carbocycles. The standard InChI is InChI=1S/C22H27NO3/c1-5-6-15-25-21-13-11-20(12-14-21)22(24)26-23-17(4)19-9-7-18(8-10-19)16(2)3/h7-14,16H,5-6,15H2,1-4H3. The highest BCUT2D eigenvalue weighted by Gasteiger charge is 2.08. The zero-order valence-corrected chi connectivity index (χ0v) is 16.0. The molecule has 0 aliphatic rings. The van der Waals surface area contributed by atoms with Gasteiger partial charge in [-0.1, -0.05) is 56.6 Å². The largest absolute Gasteiger partial charge is 0.494 e. The van der Waals surface area contributed by atoms with Gasteiger partial charge in [-0.25, -0.2) is 4.79 Å².